The maximum absolute atomic E-state index is 12.2. The van der Waals surface area contributed by atoms with Crippen molar-refractivity contribution in [2.24, 2.45) is 0 Å². The molecule has 1 fully saturated rings. The predicted molar refractivity (Wildman–Crippen MR) is 81.4 cm³/mol. The van der Waals surface area contributed by atoms with Crippen molar-refractivity contribution >= 4 is 29.0 Å². The minimum absolute atomic E-state index is 0.0798. The van der Waals surface area contributed by atoms with Crippen molar-refractivity contribution in [1.29, 1.82) is 0 Å². The summed E-state index contributed by atoms with van der Waals surface area (Å²) in [5, 5.41) is 3.61. The molecule has 1 saturated heterocycles. The van der Waals surface area contributed by atoms with Gasteiger partial charge in [-0.15, -0.1) is 5.06 Å². The molecule has 0 bridgehead atoms. The van der Waals surface area contributed by atoms with Crippen molar-refractivity contribution in [2.45, 2.75) is 26.7 Å². The maximum atomic E-state index is 12.2. The number of hydrogen-bond acceptors (Lipinski definition) is 5. The Kier molecular flexibility index (Phi) is 4.60. The summed E-state index contributed by atoms with van der Waals surface area (Å²) in [6.07, 6.45) is 0.160. The van der Waals surface area contributed by atoms with Crippen molar-refractivity contribution < 1.29 is 19.2 Å². The second-order valence-corrected chi connectivity index (χ2v) is 5.01. The minimum atomic E-state index is -0.702. The first-order valence-electron chi connectivity index (χ1n) is 6.98. The molecular formula is C16H18N2O4. The van der Waals surface area contributed by atoms with Gasteiger partial charge in [-0.2, -0.15) is 0 Å². The van der Waals surface area contributed by atoms with E-state index in [0.29, 0.717) is 16.2 Å². The largest absolute Gasteiger partial charge is 0.388 e. The lowest BCUT2D eigenvalue weighted by molar-refractivity contribution is -0.194. The molecule has 0 unspecified atom stereocenters. The van der Waals surface area contributed by atoms with Gasteiger partial charge in [-0.25, -0.2) is 4.79 Å². The van der Waals surface area contributed by atoms with Crippen molar-refractivity contribution in [3.8, 4) is 0 Å². The van der Waals surface area contributed by atoms with Gasteiger partial charge in [-0.1, -0.05) is 18.2 Å². The van der Waals surface area contributed by atoms with E-state index < -0.39 is 17.8 Å². The van der Waals surface area contributed by atoms with E-state index in [-0.39, 0.29) is 12.8 Å². The summed E-state index contributed by atoms with van der Waals surface area (Å²) in [5.41, 5.74) is 2.79. The first kappa shape index (κ1) is 15.8. The van der Waals surface area contributed by atoms with Crippen LogP contribution in [0.3, 0.4) is 0 Å². The normalized spacial score (nSPS) is 15.7. The highest BCUT2D eigenvalue weighted by Crippen LogP contribution is 2.26. The Morgan fingerprint density at radius 1 is 1.14 bits per heavy atom. The molecule has 0 radical (unpaired) electrons. The zero-order valence-electron chi connectivity index (χ0n) is 12.8. The number of imide groups is 1. The Morgan fingerprint density at radius 3 is 2.32 bits per heavy atom. The Labute approximate surface area is 128 Å². The Hall–Kier alpha value is -2.63. The predicted octanol–water partition coefficient (Wildman–Crippen LogP) is 2.13. The van der Waals surface area contributed by atoms with Crippen LogP contribution < -0.4 is 5.32 Å². The highest BCUT2D eigenvalue weighted by Gasteiger charge is 2.33. The van der Waals surface area contributed by atoms with E-state index in [9.17, 15) is 14.4 Å². The van der Waals surface area contributed by atoms with E-state index >= 15 is 0 Å². The van der Waals surface area contributed by atoms with Crippen LogP contribution in [0.1, 0.15) is 32.3 Å². The fourth-order valence-corrected chi connectivity index (χ4v) is 2.19. The molecule has 1 N–H and O–H groups in total. The average molecular weight is 302 g/mol. The molecular weight excluding hydrogens is 284 g/mol. The number of amides is 2. The number of rotatable bonds is 4. The van der Waals surface area contributed by atoms with Crippen LogP contribution >= 0.6 is 0 Å². The Balaban J connectivity index is 2.24. The Morgan fingerprint density at radius 2 is 1.73 bits per heavy atom. The van der Waals surface area contributed by atoms with E-state index in [1.165, 1.54) is 0 Å². The van der Waals surface area contributed by atoms with E-state index in [4.69, 9.17) is 4.84 Å². The number of anilines is 1. The molecule has 2 amide bonds. The monoisotopic (exact) mass is 302 g/mol. The van der Waals surface area contributed by atoms with Gasteiger partial charge in [0.15, 0.2) is 0 Å². The molecule has 1 aromatic carbocycles. The molecule has 0 spiro atoms. The summed E-state index contributed by atoms with van der Waals surface area (Å²) < 4.78 is 0. The van der Waals surface area contributed by atoms with Gasteiger partial charge in [-0.05, 0) is 25.5 Å². The van der Waals surface area contributed by atoms with E-state index in [2.05, 4.69) is 5.32 Å². The highest BCUT2D eigenvalue weighted by atomic mass is 16.7. The first-order chi connectivity index (χ1) is 10.5. The SMILES string of the molecule is CNc1ccccc1/C(C)=C(/C)C(=O)ON1C(=O)CCC1=O. The lowest BCUT2D eigenvalue weighted by atomic mass is 10.0. The van der Waals surface area contributed by atoms with Crippen molar-refractivity contribution in [2.75, 3.05) is 12.4 Å². The number of allylic oxidation sites excluding steroid dienone is 1. The summed E-state index contributed by atoms with van der Waals surface area (Å²) in [7, 11) is 1.79. The molecule has 6 heteroatoms. The lowest BCUT2D eigenvalue weighted by Crippen LogP contribution is -2.32. The number of hydroxylamine groups is 2. The summed E-state index contributed by atoms with van der Waals surface area (Å²) in [6.45, 7) is 3.40. The van der Waals surface area contributed by atoms with Gasteiger partial charge in [0.1, 0.15) is 0 Å². The van der Waals surface area contributed by atoms with Crippen LogP contribution in [0.15, 0.2) is 29.8 Å². The van der Waals surface area contributed by atoms with Gasteiger partial charge in [0.2, 0.25) is 0 Å². The molecule has 1 aliphatic rings. The molecule has 1 aromatic rings. The quantitative estimate of drug-likeness (QED) is 0.681. The number of benzene rings is 1. The standard InChI is InChI=1S/C16H18N2O4/c1-10(12-6-4-5-7-13(12)17-3)11(2)16(21)22-18-14(19)8-9-15(18)20/h4-7,17H,8-9H2,1-3H3/b11-10-. The number of nitrogens with zero attached hydrogens (tertiary/aromatic N) is 1. The summed E-state index contributed by atoms with van der Waals surface area (Å²) in [6, 6.07) is 7.53. The molecule has 22 heavy (non-hydrogen) atoms. The van der Waals surface area contributed by atoms with Gasteiger partial charge >= 0.3 is 5.97 Å². The Bertz CT molecular complexity index is 648. The topological polar surface area (TPSA) is 75.7 Å². The summed E-state index contributed by atoms with van der Waals surface area (Å²) in [4.78, 5) is 40.1. The molecule has 0 atom stereocenters. The second kappa shape index (κ2) is 6.43. The molecule has 6 nitrogen and oxygen atoms in total. The van der Waals surface area contributed by atoms with Crippen LogP contribution in [0, 0.1) is 0 Å². The van der Waals surface area contributed by atoms with Gasteiger partial charge < -0.3 is 10.2 Å². The molecule has 2 rings (SSSR count). The zero-order chi connectivity index (χ0) is 16.3. The van der Waals surface area contributed by atoms with Crippen LogP contribution in [-0.2, 0) is 19.2 Å². The third-order valence-corrected chi connectivity index (χ3v) is 3.65. The fourth-order valence-electron chi connectivity index (χ4n) is 2.19. The van der Waals surface area contributed by atoms with Gasteiger partial charge in [0.25, 0.3) is 11.8 Å². The van der Waals surface area contributed by atoms with Crippen molar-refractivity contribution in [3.05, 3.63) is 35.4 Å². The summed E-state index contributed by atoms with van der Waals surface area (Å²) >= 11 is 0. The van der Waals surface area contributed by atoms with Crippen LogP contribution in [0.4, 0.5) is 5.69 Å². The number of para-hydroxylation sites is 1. The molecule has 116 valence electrons. The number of hydrogen-bond donors (Lipinski definition) is 1. The molecule has 0 aromatic heterocycles. The van der Waals surface area contributed by atoms with Gasteiger partial charge in [0, 0.05) is 36.7 Å². The summed E-state index contributed by atoms with van der Waals surface area (Å²) in [5.74, 6) is -1.68. The maximum Gasteiger partial charge on any atom is 0.359 e. The van der Waals surface area contributed by atoms with E-state index in [1.807, 2.05) is 24.3 Å². The molecule has 0 aliphatic carbocycles. The highest BCUT2D eigenvalue weighted by molar-refractivity contribution is 6.04. The van der Waals surface area contributed by atoms with Crippen LogP contribution in [0.25, 0.3) is 5.57 Å². The second-order valence-electron chi connectivity index (χ2n) is 5.01. The van der Waals surface area contributed by atoms with Gasteiger partial charge in [0.05, 0.1) is 0 Å². The van der Waals surface area contributed by atoms with Crippen LogP contribution in [0.2, 0.25) is 0 Å². The minimum Gasteiger partial charge on any atom is -0.388 e. The van der Waals surface area contributed by atoms with Crippen LogP contribution in [-0.4, -0.2) is 29.9 Å². The number of carbonyl (C=O) groups excluding carboxylic acids is 3. The molecule has 0 saturated carbocycles. The fraction of sp³-hybridized carbons (Fsp3) is 0.312. The van der Waals surface area contributed by atoms with E-state index in [0.717, 1.165) is 11.3 Å². The number of carbonyl (C=O) groups is 3. The molecule has 1 heterocycles. The number of nitrogens with one attached hydrogen (secondary N) is 1. The third-order valence-electron chi connectivity index (χ3n) is 3.65. The lowest BCUT2D eigenvalue weighted by Gasteiger charge is -2.15. The molecule has 1 aliphatic heterocycles. The third kappa shape index (κ3) is 3.00. The van der Waals surface area contributed by atoms with Crippen molar-refractivity contribution in [3.63, 3.8) is 0 Å². The van der Waals surface area contributed by atoms with Crippen LogP contribution in [0.5, 0.6) is 0 Å². The average Bonchev–Trinajstić information content (AvgIpc) is 2.85. The zero-order valence-corrected chi connectivity index (χ0v) is 12.8. The van der Waals surface area contributed by atoms with Gasteiger partial charge in [-0.3, -0.25) is 9.59 Å². The first-order valence-corrected chi connectivity index (χ1v) is 6.98. The van der Waals surface area contributed by atoms with E-state index in [1.54, 1.807) is 20.9 Å². The van der Waals surface area contributed by atoms with Crippen molar-refractivity contribution in [1.82, 2.24) is 5.06 Å². The smallest absolute Gasteiger partial charge is 0.359 e.